The number of benzene rings is 2. The number of nitrogens with zero attached hydrogens (tertiary/aromatic N) is 2. The van der Waals surface area contributed by atoms with Gasteiger partial charge in [0.25, 0.3) is 0 Å². The van der Waals surface area contributed by atoms with Gasteiger partial charge in [0.15, 0.2) is 0 Å². The molecule has 0 spiro atoms. The zero-order valence-electron chi connectivity index (χ0n) is 15.9. The zero-order chi connectivity index (χ0) is 18.8. The van der Waals surface area contributed by atoms with Crippen molar-refractivity contribution in [1.82, 2.24) is 10.0 Å². The summed E-state index contributed by atoms with van der Waals surface area (Å²) in [6.07, 6.45) is 1.65. The number of methoxy groups -OCH3 is 2. The Morgan fingerprint density at radius 1 is 0.815 bits per heavy atom. The van der Waals surface area contributed by atoms with Crippen LogP contribution >= 0.6 is 0 Å². The van der Waals surface area contributed by atoms with Gasteiger partial charge in [0.1, 0.15) is 11.5 Å². The van der Waals surface area contributed by atoms with Crippen LogP contribution in [0.3, 0.4) is 0 Å². The first-order valence-electron chi connectivity index (χ1n) is 9.51. The Morgan fingerprint density at radius 2 is 1.37 bits per heavy atom. The van der Waals surface area contributed by atoms with Crippen LogP contribution in [0.5, 0.6) is 11.5 Å². The summed E-state index contributed by atoms with van der Waals surface area (Å²) < 4.78 is 10.5. The molecule has 142 valence electrons. The zero-order valence-corrected chi connectivity index (χ0v) is 15.9. The fourth-order valence-electron chi connectivity index (χ4n) is 4.17. The molecule has 2 aliphatic rings. The highest BCUT2D eigenvalue weighted by molar-refractivity contribution is 5.79. The van der Waals surface area contributed by atoms with Crippen molar-refractivity contribution in [1.29, 1.82) is 0 Å². The minimum Gasteiger partial charge on any atom is -0.497 e. The highest BCUT2D eigenvalue weighted by atomic mass is 16.5. The molecule has 2 fully saturated rings. The third-order valence-electron chi connectivity index (χ3n) is 5.78. The van der Waals surface area contributed by atoms with Crippen molar-refractivity contribution in [3.05, 3.63) is 59.7 Å². The number of hydrogen-bond acceptors (Lipinski definition) is 4. The van der Waals surface area contributed by atoms with Crippen molar-refractivity contribution >= 4 is 5.91 Å². The summed E-state index contributed by atoms with van der Waals surface area (Å²) >= 11 is 0. The Morgan fingerprint density at radius 3 is 1.93 bits per heavy atom. The van der Waals surface area contributed by atoms with E-state index in [1.165, 1.54) is 11.1 Å². The second-order valence-corrected chi connectivity index (χ2v) is 7.32. The van der Waals surface area contributed by atoms with Crippen LogP contribution in [-0.4, -0.2) is 49.8 Å². The average Bonchev–Trinajstić information content (AvgIpc) is 3.35. The van der Waals surface area contributed by atoms with E-state index in [1.54, 1.807) is 14.2 Å². The van der Waals surface area contributed by atoms with Gasteiger partial charge in [0.05, 0.1) is 14.2 Å². The van der Waals surface area contributed by atoms with E-state index in [2.05, 4.69) is 29.3 Å². The van der Waals surface area contributed by atoms with E-state index in [0.717, 1.165) is 37.6 Å². The molecule has 0 aromatic heterocycles. The molecule has 5 nitrogen and oxygen atoms in total. The Bertz CT molecular complexity index is 788. The lowest BCUT2D eigenvalue weighted by atomic mass is 9.98. The summed E-state index contributed by atoms with van der Waals surface area (Å²) in [4.78, 5) is 12.6. The predicted octanol–water partition coefficient (Wildman–Crippen LogP) is 3.42. The van der Waals surface area contributed by atoms with Crippen LogP contribution in [0.15, 0.2) is 48.5 Å². The highest BCUT2D eigenvalue weighted by Gasteiger charge is 2.37. The van der Waals surface area contributed by atoms with Crippen molar-refractivity contribution in [2.45, 2.75) is 24.7 Å². The van der Waals surface area contributed by atoms with Crippen LogP contribution in [0.2, 0.25) is 0 Å². The largest absolute Gasteiger partial charge is 0.497 e. The fraction of sp³-hybridized carbons (Fsp3) is 0.409. The number of ether oxygens (including phenoxy) is 2. The van der Waals surface area contributed by atoms with Crippen molar-refractivity contribution in [2.24, 2.45) is 0 Å². The third-order valence-corrected chi connectivity index (χ3v) is 5.78. The van der Waals surface area contributed by atoms with Gasteiger partial charge >= 0.3 is 0 Å². The summed E-state index contributed by atoms with van der Waals surface area (Å²) in [5, 5.41) is 4.21. The van der Waals surface area contributed by atoms with Crippen molar-refractivity contribution < 1.29 is 14.3 Å². The lowest BCUT2D eigenvalue weighted by Gasteiger charge is -2.28. The first kappa shape index (κ1) is 17.9. The Labute approximate surface area is 160 Å². The van der Waals surface area contributed by atoms with Gasteiger partial charge in [-0.3, -0.25) is 9.80 Å². The molecular weight excluding hydrogens is 340 g/mol. The van der Waals surface area contributed by atoms with Crippen LogP contribution in [-0.2, 0) is 4.79 Å². The standard InChI is InChI=1S/C22H26N2O3/c1-26-20-7-3-16(4-8-20)18-11-12-23(14-18)24-15-19(13-22(24)25)17-5-9-21(27-2)10-6-17/h3-10,18-19H,11-15H2,1-2H3. The fourth-order valence-corrected chi connectivity index (χ4v) is 4.17. The molecule has 2 aliphatic heterocycles. The second kappa shape index (κ2) is 7.61. The molecule has 0 radical (unpaired) electrons. The summed E-state index contributed by atoms with van der Waals surface area (Å²) in [6.45, 7) is 2.59. The van der Waals surface area contributed by atoms with Crippen molar-refractivity contribution in [3.63, 3.8) is 0 Å². The van der Waals surface area contributed by atoms with Crippen molar-refractivity contribution in [3.8, 4) is 11.5 Å². The van der Waals surface area contributed by atoms with E-state index < -0.39 is 0 Å². The number of hydrazine groups is 1. The van der Waals surface area contributed by atoms with E-state index >= 15 is 0 Å². The molecule has 2 atom stereocenters. The Kier molecular flexibility index (Phi) is 5.03. The molecule has 0 bridgehead atoms. The van der Waals surface area contributed by atoms with Gasteiger partial charge in [0.2, 0.25) is 5.91 Å². The Hall–Kier alpha value is -2.53. The molecule has 1 amide bonds. The minimum absolute atomic E-state index is 0.228. The quantitative estimate of drug-likeness (QED) is 0.813. The molecule has 0 N–H and O–H groups in total. The SMILES string of the molecule is COc1ccc(C2CCN(N3CC(c4ccc(OC)cc4)CC3=O)C2)cc1. The topological polar surface area (TPSA) is 42.0 Å². The van der Waals surface area contributed by atoms with Crippen molar-refractivity contribution in [2.75, 3.05) is 33.9 Å². The summed E-state index contributed by atoms with van der Waals surface area (Å²) in [7, 11) is 3.35. The van der Waals surface area contributed by atoms with E-state index in [0.29, 0.717) is 12.3 Å². The smallest absolute Gasteiger partial charge is 0.237 e. The van der Waals surface area contributed by atoms with Crippen LogP contribution in [0.25, 0.3) is 0 Å². The second-order valence-electron chi connectivity index (χ2n) is 7.32. The van der Waals surface area contributed by atoms with E-state index in [-0.39, 0.29) is 11.8 Å². The van der Waals surface area contributed by atoms with Gasteiger partial charge in [-0.2, -0.15) is 0 Å². The molecule has 0 saturated carbocycles. The van der Waals surface area contributed by atoms with E-state index in [4.69, 9.17) is 9.47 Å². The highest BCUT2D eigenvalue weighted by Crippen LogP contribution is 2.34. The number of rotatable bonds is 5. The van der Waals surface area contributed by atoms with E-state index in [1.807, 2.05) is 29.3 Å². The molecular formula is C22H26N2O3. The minimum atomic E-state index is 0.228. The van der Waals surface area contributed by atoms with Gasteiger partial charge in [-0.15, -0.1) is 0 Å². The number of carbonyl (C=O) groups is 1. The van der Waals surface area contributed by atoms with Gasteiger partial charge in [-0.05, 0) is 47.7 Å². The molecule has 0 aliphatic carbocycles. The van der Waals surface area contributed by atoms with Crippen LogP contribution in [0.1, 0.15) is 35.8 Å². The number of carbonyl (C=O) groups excluding carboxylic acids is 1. The Balaban J connectivity index is 1.40. The predicted molar refractivity (Wildman–Crippen MR) is 104 cm³/mol. The van der Waals surface area contributed by atoms with Gasteiger partial charge in [0, 0.05) is 32.0 Å². The maximum absolute atomic E-state index is 12.6. The molecule has 5 heteroatoms. The molecule has 4 rings (SSSR count). The number of amides is 1. The summed E-state index contributed by atoms with van der Waals surface area (Å²) in [5.41, 5.74) is 2.52. The summed E-state index contributed by atoms with van der Waals surface area (Å²) in [6, 6.07) is 16.4. The van der Waals surface area contributed by atoms with Gasteiger partial charge in [-0.1, -0.05) is 24.3 Å². The van der Waals surface area contributed by atoms with Crippen LogP contribution in [0.4, 0.5) is 0 Å². The maximum Gasteiger partial charge on any atom is 0.237 e. The average molecular weight is 366 g/mol. The molecule has 2 heterocycles. The normalized spacial score (nSPS) is 23.0. The molecule has 2 unspecified atom stereocenters. The summed E-state index contributed by atoms with van der Waals surface area (Å²) in [5.74, 6) is 2.67. The first-order chi connectivity index (χ1) is 13.2. The molecule has 2 aromatic rings. The molecule has 2 saturated heterocycles. The molecule has 27 heavy (non-hydrogen) atoms. The monoisotopic (exact) mass is 366 g/mol. The third kappa shape index (κ3) is 3.65. The maximum atomic E-state index is 12.6. The van der Waals surface area contributed by atoms with Crippen LogP contribution in [0, 0.1) is 0 Å². The first-order valence-corrected chi connectivity index (χ1v) is 9.51. The lowest BCUT2D eigenvalue weighted by Crippen LogP contribution is -2.42. The van der Waals surface area contributed by atoms with Gasteiger partial charge in [-0.25, -0.2) is 5.01 Å². The van der Waals surface area contributed by atoms with Crippen LogP contribution < -0.4 is 9.47 Å². The number of hydrogen-bond donors (Lipinski definition) is 0. The van der Waals surface area contributed by atoms with Gasteiger partial charge < -0.3 is 9.47 Å². The molecule has 2 aromatic carbocycles. The van der Waals surface area contributed by atoms with E-state index in [9.17, 15) is 4.79 Å². The lowest BCUT2D eigenvalue weighted by molar-refractivity contribution is -0.141.